The Labute approximate surface area is 164 Å². The SMILES string of the molecule is O=C(CSc1nnnn1C1CCCCC1)NNC(=O)c1cccc([N+](=O)[O-])c1. The van der Waals surface area contributed by atoms with Crippen molar-refractivity contribution in [3.05, 3.63) is 39.9 Å². The van der Waals surface area contributed by atoms with Gasteiger partial charge in [0.2, 0.25) is 11.1 Å². The maximum atomic E-state index is 12.0. The zero-order valence-electron chi connectivity index (χ0n) is 14.9. The third-order valence-corrected chi connectivity index (χ3v) is 5.28. The fourth-order valence-electron chi connectivity index (χ4n) is 2.96. The molecule has 1 fully saturated rings. The Morgan fingerprint density at radius 2 is 2.04 bits per heavy atom. The summed E-state index contributed by atoms with van der Waals surface area (Å²) >= 11 is 1.18. The van der Waals surface area contributed by atoms with Crippen molar-refractivity contribution >= 4 is 29.3 Å². The molecule has 2 aromatic rings. The molecule has 0 spiro atoms. The highest BCUT2D eigenvalue weighted by atomic mass is 32.2. The van der Waals surface area contributed by atoms with Crippen LogP contribution in [0.15, 0.2) is 29.4 Å². The van der Waals surface area contributed by atoms with E-state index in [9.17, 15) is 19.7 Å². The molecule has 1 aliphatic carbocycles. The lowest BCUT2D eigenvalue weighted by molar-refractivity contribution is -0.384. The molecule has 11 nitrogen and oxygen atoms in total. The van der Waals surface area contributed by atoms with Gasteiger partial charge in [-0.25, -0.2) is 4.68 Å². The summed E-state index contributed by atoms with van der Waals surface area (Å²) in [5, 5.41) is 23.0. The van der Waals surface area contributed by atoms with Gasteiger partial charge in [-0.05, 0) is 29.3 Å². The molecule has 0 radical (unpaired) electrons. The maximum absolute atomic E-state index is 12.0. The highest BCUT2D eigenvalue weighted by Crippen LogP contribution is 2.30. The van der Waals surface area contributed by atoms with E-state index in [0.29, 0.717) is 5.16 Å². The molecule has 0 saturated heterocycles. The number of tetrazole rings is 1. The molecule has 2 N–H and O–H groups in total. The van der Waals surface area contributed by atoms with E-state index in [4.69, 9.17) is 0 Å². The van der Waals surface area contributed by atoms with Crippen molar-refractivity contribution in [3.8, 4) is 0 Å². The Morgan fingerprint density at radius 3 is 2.79 bits per heavy atom. The van der Waals surface area contributed by atoms with Crippen LogP contribution in [-0.4, -0.2) is 42.7 Å². The van der Waals surface area contributed by atoms with Crippen molar-refractivity contribution in [2.45, 2.75) is 43.3 Å². The summed E-state index contributed by atoms with van der Waals surface area (Å²) in [7, 11) is 0. The molecule has 0 bridgehead atoms. The van der Waals surface area contributed by atoms with Crippen molar-refractivity contribution in [1.29, 1.82) is 0 Å². The normalized spacial score (nSPS) is 14.4. The number of nitrogens with one attached hydrogen (secondary N) is 2. The smallest absolute Gasteiger partial charge is 0.270 e. The number of hydrogen-bond acceptors (Lipinski definition) is 8. The minimum Gasteiger partial charge on any atom is -0.272 e. The lowest BCUT2D eigenvalue weighted by Crippen LogP contribution is -2.42. The molecule has 1 aliphatic rings. The van der Waals surface area contributed by atoms with Gasteiger partial charge in [0, 0.05) is 17.7 Å². The summed E-state index contributed by atoms with van der Waals surface area (Å²) in [6.45, 7) is 0. The van der Waals surface area contributed by atoms with Crippen molar-refractivity contribution in [3.63, 3.8) is 0 Å². The molecule has 148 valence electrons. The van der Waals surface area contributed by atoms with Crippen LogP contribution in [0.5, 0.6) is 0 Å². The molecule has 1 aromatic carbocycles. The molecule has 1 heterocycles. The first kappa shape index (κ1) is 19.7. The molecule has 1 saturated carbocycles. The van der Waals surface area contributed by atoms with Crippen LogP contribution in [0.4, 0.5) is 5.69 Å². The van der Waals surface area contributed by atoms with Gasteiger partial charge in [-0.15, -0.1) is 5.10 Å². The zero-order chi connectivity index (χ0) is 19.9. The van der Waals surface area contributed by atoms with E-state index >= 15 is 0 Å². The Bertz CT molecular complexity index is 866. The van der Waals surface area contributed by atoms with E-state index in [2.05, 4.69) is 26.4 Å². The molecular weight excluding hydrogens is 386 g/mol. The molecule has 0 unspecified atom stereocenters. The lowest BCUT2D eigenvalue weighted by atomic mass is 9.96. The van der Waals surface area contributed by atoms with Gasteiger partial charge in [-0.1, -0.05) is 37.1 Å². The standard InChI is InChI=1S/C16H19N7O4S/c24-14(17-18-15(25)11-5-4-8-13(9-11)23(26)27)10-28-16-19-20-21-22(16)12-6-2-1-3-7-12/h4-5,8-9,12H,1-3,6-7,10H2,(H,17,24)(H,18,25). The van der Waals surface area contributed by atoms with Crippen molar-refractivity contribution < 1.29 is 14.5 Å². The number of thioether (sulfide) groups is 1. The minimum atomic E-state index is -0.644. The molecular formula is C16H19N7O4S. The van der Waals surface area contributed by atoms with Crippen LogP contribution in [0, 0.1) is 10.1 Å². The van der Waals surface area contributed by atoms with Gasteiger partial charge in [0.05, 0.1) is 16.7 Å². The number of amides is 2. The van der Waals surface area contributed by atoms with Gasteiger partial charge < -0.3 is 0 Å². The van der Waals surface area contributed by atoms with Crippen molar-refractivity contribution in [2.75, 3.05) is 5.75 Å². The molecule has 12 heteroatoms. The number of hydrazine groups is 1. The Hall–Kier alpha value is -3.02. The van der Waals surface area contributed by atoms with Crippen LogP contribution in [-0.2, 0) is 4.79 Å². The summed E-state index contributed by atoms with van der Waals surface area (Å²) in [6, 6.07) is 5.48. The first-order chi connectivity index (χ1) is 13.5. The number of non-ortho nitro benzene ring substituents is 1. The van der Waals surface area contributed by atoms with Gasteiger partial charge in [0.1, 0.15) is 0 Å². The van der Waals surface area contributed by atoms with E-state index in [1.165, 1.54) is 36.4 Å². The topological polar surface area (TPSA) is 145 Å². The number of carbonyl (C=O) groups is 2. The number of nitrogens with zero attached hydrogens (tertiary/aromatic N) is 5. The number of carbonyl (C=O) groups excluding carboxylic acids is 2. The summed E-state index contributed by atoms with van der Waals surface area (Å²) in [5.41, 5.74) is 4.39. The predicted molar refractivity (Wildman–Crippen MR) is 99.4 cm³/mol. The van der Waals surface area contributed by atoms with Gasteiger partial charge in [-0.3, -0.25) is 30.6 Å². The number of nitro groups is 1. The van der Waals surface area contributed by atoms with Crippen LogP contribution in [0.2, 0.25) is 0 Å². The second kappa shape index (κ2) is 9.26. The second-order valence-electron chi connectivity index (χ2n) is 6.30. The molecule has 2 amide bonds. The first-order valence-corrected chi connectivity index (χ1v) is 9.77. The van der Waals surface area contributed by atoms with Crippen LogP contribution < -0.4 is 10.9 Å². The number of benzene rings is 1. The largest absolute Gasteiger partial charge is 0.272 e. The van der Waals surface area contributed by atoms with Crippen molar-refractivity contribution in [2.24, 2.45) is 0 Å². The maximum Gasteiger partial charge on any atom is 0.270 e. The Kier molecular flexibility index (Phi) is 6.53. The lowest BCUT2D eigenvalue weighted by Gasteiger charge is -2.21. The third-order valence-electron chi connectivity index (χ3n) is 4.35. The van der Waals surface area contributed by atoms with Gasteiger partial charge in [-0.2, -0.15) is 0 Å². The highest BCUT2D eigenvalue weighted by molar-refractivity contribution is 7.99. The molecule has 0 aliphatic heterocycles. The average Bonchev–Trinajstić information content (AvgIpc) is 3.20. The molecule has 28 heavy (non-hydrogen) atoms. The van der Waals surface area contributed by atoms with E-state index in [-0.39, 0.29) is 23.0 Å². The third kappa shape index (κ3) is 5.03. The summed E-state index contributed by atoms with van der Waals surface area (Å²) < 4.78 is 1.76. The zero-order valence-corrected chi connectivity index (χ0v) is 15.7. The van der Waals surface area contributed by atoms with Gasteiger partial charge >= 0.3 is 0 Å². The summed E-state index contributed by atoms with van der Waals surface area (Å²) in [5.74, 6) is -1.07. The van der Waals surface area contributed by atoms with E-state index < -0.39 is 16.7 Å². The fraction of sp³-hybridized carbons (Fsp3) is 0.438. The quantitative estimate of drug-likeness (QED) is 0.419. The van der Waals surface area contributed by atoms with Crippen molar-refractivity contribution in [1.82, 2.24) is 31.1 Å². The molecule has 1 aromatic heterocycles. The van der Waals surface area contributed by atoms with Crippen LogP contribution in [0.25, 0.3) is 0 Å². The number of hydrogen-bond donors (Lipinski definition) is 2. The predicted octanol–water partition coefficient (Wildman–Crippen LogP) is 1.64. The fourth-order valence-corrected chi connectivity index (χ4v) is 3.71. The average molecular weight is 405 g/mol. The minimum absolute atomic E-state index is 0.0162. The molecule has 3 rings (SSSR count). The van der Waals surface area contributed by atoms with Crippen LogP contribution in [0.1, 0.15) is 48.5 Å². The second-order valence-corrected chi connectivity index (χ2v) is 7.24. The van der Waals surface area contributed by atoms with E-state index in [0.717, 1.165) is 31.7 Å². The number of rotatable bonds is 6. The molecule has 0 atom stereocenters. The Morgan fingerprint density at radius 1 is 1.25 bits per heavy atom. The summed E-state index contributed by atoms with van der Waals surface area (Å²) in [6.07, 6.45) is 5.53. The van der Waals surface area contributed by atoms with Gasteiger partial charge in [0.25, 0.3) is 11.6 Å². The van der Waals surface area contributed by atoms with Gasteiger partial charge in [0.15, 0.2) is 0 Å². The van der Waals surface area contributed by atoms with Crippen LogP contribution in [0.3, 0.4) is 0 Å². The highest BCUT2D eigenvalue weighted by Gasteiger charge is 2.21. The number of aromatic nitrogens is 4. The summed E-state index contributed by atoms with van der Waals surface area (Å²) in [4.78, 5) is 34.2. The van der Waals surface area contributed by atoms with E-state index in [1.807, 2.05) is 0 Å². The van der Waals surface area contributed by atoms with E-state index in [1.54, 1.807) is 4.68 Å². The van der Waals surface area contributed by atoms with Crippen LogP contribution >= 0.6 is 11.8 Å². The Balaban J connectivity index is 1.49. The number of nitro benzene ring substituents is 1. The first-order valence-electron chi connectivity index (χ1n) is 8.79. The monoisotopic (exact) mass is 405 g/mol.